The predicted molar refractivity (Wildman–Crippen MR) is 151 cm³/mol. The van der Waals surface area contributed by atoms with Crippen LogP contribution in [0.1, 0.15) is 103 Å². The number of hydrogen-bond donors (Lipinski definition) is 1. The van der Waals surface area contributed by atoms with Crippen molar-refractivity contribution >= 4 is 13.5 Å². The Labute approximate surface area is 223 Å². The Hall–Kier alpha value is -0.460. The first-order valence-electron chi connectivity index (χ1n) is 14.5. The summed E-state index contributed by atoms with van der Waals surface area (Å²) >= 11 is 0. The van der Waals surface area contributed by atoms with Crippen LogP contribution >= 0.6 is 7.60 Å². The number of rotatable bonds is 25. The average Bonchev–Trinajstić information content (AvgIpc) is 2.77. The Balaban J connectivity index is 4.00. The number of carbonyl (C=O) groups excluding carboxylic acids is 1. The fourth-order valence-corrected chi connectivity index (χ4v) is 5.45. The molecule has 36 heavy (non-hydrogen) atoms. The smallest absolute Gasteiger partial charge is 0.328 e. The van der Waals surface area contributed by atoms with E-state index in [1.165, 1.54) is 81.9 Å². The second kappa shape index (κ2) is 21.5. The Kier molecular flexibility index (Phi) is 21.2. The van der Waals surface area contributed by atoms with Gasteiger partial charge in [-0.15, -0.1) is 0 Å². The maximum atomic E-state index is 12.6. The molecule has 0 bridgehead atoms. The second-order valence-corrected chi connectivity index (χ2v) is 13.6. The van der Waals surface area contributed by atoms with Crippen molar-refractivity contribution in [1.29, 1.82) is 0 Å². The van der Waals surface area contributed by atoms with Gasteiger partial charge in [-0.2, -0.15) is 0 Å². The Morgan fingerprint density at radius 1 is 0.833 bits per heavy atom. The molecular weight excluding hydrogens is 474 g/mol. The Morgan fingerprint density at radius 2 is 1.31 bits per heavy atom. The molecule has 7 nitrogen and oxygen atoms in total. The summed E-state index contributed by atoms with van der Waals surface area (Å²) in [6, 6.07) is 0. The number of ether oxygens (including phenoxy) is 1. The topological polar surface area (TPSA) is 76.1 Å². The minimum absolute atomic E-state index is 0.0531. The maximum Gasteiger partial charge on any atom is 0.328 e. The molecule has 0 rings (SSSR count). The van der Waals surface area contributed by atoms with Crippen molar-refractivity contribution in [3.63, 3.8) is 0 Å². The lowest BCUT2D eigenvalue weighted by atomic mass is 10.0. The van der Waals surface area contributed by atoms with Crippen molar-refractivity contribution in [1.82, 2.24) is 4.90 Å². The van der Waals surface area contributed by atoms with Crippen molar-refractivity contribution in [3.05, 3.63) is 0 Å². The van der Waals surface area contributed by atoms with Gasteiger partial charge in [0.1, 0.15) is 13.2 Å². The quantitative estimate of drug-likeness (QED) is 0.0823. The highest BCUT2D eigenvalue weighted by molar-refractivity contribution is 7.52. The van der Waals surface area contributed by atoms with Crippen molar-refractivity contribution in [2.24, 2.45) is 5.92 Å². The zero-order valence-electron chi connectivity index (χ0n) is 24.6. The number of amides is 1. The fourth-order valence-electron chi connectivity index (χ4n) is 4.09. The van der Waals surface area contributed by atoms with Crippen molar-refractivity contribution in [3.8, 4) is 0 Å². The monoisotopic (exact) mass is 534 g/mol. The van der Waals surface area contributed by atoms with E-state index in [2.05, 4.69) is 6.92 Å². The van der Waals surface area contributed by atoms with Crippen LogP contribution in [0, 0.1) is 5.92 Å². The van der Waals surface area contributed by atoms with Crippen molar-refractivity contribution < 1.29 is 28.0 Å². The minimum Gasteiger partial charge on any atom is -0.381 e. The van der Waals surface area contributed by atoms with Crippen LogP contribution < -0.4 is 0 Å². The molecule has 0 aliphatic carbocycles. The summed E-state index contributed by atoms with van der Waals surface area (Å²) in [7, 11) is 5.65. The minimum atomic E-state index is -3.77. The van der Waals surface area contributed by atoms with E-state index >= 15 is 0 Å². The SMILES string of the molecule is CCCCCCCCCCCCCCCCOC[C@@H](CC(=O)N(C)C)CP(=O)(O)OCC[N+](C)(C)[11CH3]. The summed E-state index contributed by atoms with van der Waals surface area (Å²) in [5.74, 6) is -0.391. The van der Waals surface area contributed by atoms with E-state index in [0.717, 1.165) is 12.8 Å². The molecule has 216 valence electrons. The molecule has 1 N–H and O–H groups in total. The van der Waals surface area contributed by atoms with Gasteiger partial charge in [0.15, 0.2) is 0 Å². The van der Waals surface area contributed by atoms with Gasteiger partial charge in [-0.05, 0) is 6.42 Å². The first-order valence-corrected chi connectivity index (χ1v) is 16.3. The second-order valence-electron chi connectivity index (χ2n) is 11.7. The zero-order chi connectivity index (χ0) is 27.3. The van der Waals surface area contributed by atoms with Gasteiger partial charge in [0.25, 0.3) is 0 Å². The van der Waals surface area contributed by atoms with E-state index in [9.17, 15) is 14.3 Å². The van der Waals surface area contributed by atoms with Gasteiger partial charge in [-0.25, -0.2) is 0 Å². The largest absolute Gasteiger partial charge is 0.381 e. The standard InChI is InChI=1S/C28H59N2O5P/c1-7-8-9-10-11-12-13-14-15-16-17-18-19-20-22-34-25-27(24-28(31)29(2)3)26-36(32,33)35-23-21-30(4,5)6/h27H,7-26H2,1-6H3/p+1/t27-/m1/s1/i4-1. The van der Waals surface area contributed by atoms with Crippen LogP contribution in [0.3, 0.4) is 0 Å². The molecule has 0 aromatic rings. The van der Waals surface area contributed by atoms with Gasteiger partial charge in [0, 0.05) is 33.0 Å². The molecule has 0 saturated carbocycles. The van der Waals surface area contributed by atoms with Crippen molar-refractivity contribution in [2.45, 2.75) is 103 Å². The molecule has 0 radical (unpaired) electrons. The average molecular weight is 535 g/mol. The number of hydrogen-bond acceptors (Lipinski definition) is 4. The predicted octanol–water partition coefficient (Wildman–Crippen LogP) is 6.49. The number of unbranched alkanes of at least 4 members (excludes halogenated alkanes) is 13. The van der Waals surface area contributed by atoms with E-state index in [4.69, 9.17) is 9.26 Å². The molecule has 8 heteroatoms. The summed E-state index contributed by atoms with van der Waals surface area (Å²) in [6.45, 7) is 4.06. The molecular formula is C28H60N2O5P+. The lowest BCUT2D eigenvalue weighted by molar-refractivity contribution is -0.870. The van der Waals surface area contributed by atoms with Gasteiger partial charge < -0.3 is 23.5 Å². The van der Waals surface area contributed by atoms with Crippen LogP contribution in [0.2, 0.25) is 0 Å². The third-order valence-corrected chi connectivity index (χ3v) is 8.07. The van der Waals surface area contributed by atoms with E-state index < -0.39 is 7.60 Å². The van der Waals surface area contributed by atoms with Crippen LogP contribution in [-0.4, -0.2) is 87.9 Å². The van der Waals surface area contributed by atoms with Crippen LogP contribution in [0.5, 0.6) is 0 Å². The third-order valence-electron chi connectivity index (χ3n) is 6.50. The van der Waals surface area contributed by atoms with Gasteiger partial charge >= 0.3 is 7.60 Å². The van der Waals surface area contributed by atoms with Crippen molar-refractivity contribution in [2.75, 3.05) is 67.8 Å². The molecule has 0 aromatic heterocycles. The molecule has 0 aromatic carbocycles. The summed E-state index contributed by atoms with van der Waals surface area (Å²) in [5, 5.41) is 0. The third kappa shape index (κ3) is 23.9. The van der Waals surface area contributed by atoms with Crippen LogP contribution in [0.15, 0.2) is 0 Å². The van der Waals surface area contributed by atoms with Crippen LogP contribution in [-0.2, 0) is 18.6 Å². The fraction of sp³-hybridized carbons (Fsp3) is 0.964. The first-order chi connectivity index (χ1) is 17.0. The van der Waals surface area contributed by atoms with E-state index in [1.54, 1.807) is 14.1 Å². The molecule has 2 atom stereocenters. The Bertz CT molecular complexity index is 581. The number of quaternary nitrogens is 1. The molecule has 0 aliphatic rings. The highest BCUT2D eigenvalue weighted by Crippen LogP contribution is 2.44. The van der Waals surface area contributed by atoms with E-state index in [0.29, 0.717) is 24.2 Å². The number of likely N-dealkylation sites (N-methyl/N-ethyl adjacent to an activating group) is 1. The maximum absolute atomic E-state index is 12.6. The molecule has 0 heterocycles. The van der Waals surface area contributed by atoms with E-state index in [-0.39, 0.29) is 31.0 Å². The molecule has 1 amide bonds. The zero-order valence-corrected chi connectivity index (χ0v) is 25.5. The molecule has 0 spiro atoms. The molecule has 0 aliphatic heterocycles. The lowest BCUT2D eigenvalue weighted by Crippen LogP contribution is -2.37. The Morgan fingerprint density at radius 3 is 1.75 bits per heavy atom. The first kappa shape index (κ1) is 35.5. The number of carbonyl (C=O) groups is 1. The highest BCUT2D eigenvalue weighted by atomic mass is 31.2. The number of nitrogens with zero attached hydrogens (tertiary/aromatic N) is 2. The van der Waals surface area contributed by atoms with Gasteiger partial charge in [0.2, 0.25) is 5.91 Å². The normalized spacial score (nSPS) is 14.5. The highest BCUT2D eigenvalue weighted by Gasteiger charge is 2.28. The molecule has 1 unspecified atom stereocenters. The van der Waals surface area contributed by atoms with Gasteiger partial charge in [-0.1, -0.05) is 90.4 Å². The molecule has 0 saturated heterocycles. The van der Waals surface area contributed by atoms with Gasteiger partial charge in [-0.3, -0.25) is 9.36 Å². The summed E-state index contributed by atoms with van der Waals surface area (Å²) in [4.78, 5) is 24.0. The van der Waals surface area contributed by atoms with Crippen LogP contribution in [0.25, 0.3) is 0 Å². The summed E-state index contributed by atoms with van der Waals surface area (Å²) < 4.78 is 24.4. The summed E-state index contributed by atoms with van der Waals surface area (Å²) in [6.07, 6.45) is 18.6. The van der Waals surface area contributed by atoms with E-state index in [1.807, 2.05) is 21.1 Å². The summed E-state index contributed by atoms with van der Waals surface area (Å²) in [5.41, 5.74) is 0. The lowest BCUT2D eigenvalue weighted by Gasteiger charge is -2.25. The molecule has 0 fully saturated rings. The van der Waals surface area contributed by atoms with Gasteiger partial charge in [0.05, 0.1) is 33.9 Å². The van der Waals surface area contributed by atoms with Crippen LogP contribution in [0.4, 0.5) is 0 Å².